The maximum absolute atomic E-state index is 12.5. The molecule has 0 atom stereocenters. The van der Waals surface area contributed by atoms with E-state index in [0.717, 1.165) is 21.5 Å². The normalized spacial score (nSPS) is 11.0. The molecule has 2 aromatic rings. The Morgan fingerprint density at radius 2 is 2.19 bits per heavy atom. The third kappa shape index (κ3) is 3.16. The van der Waals surface area contributed by atoms with Gasteiger partial charge in [-0.15, -0.1) is 11.3 Å². The summed E-state index contributed by atoms with van der Waals surface area (Å²) in [4.78, 5) is 19.2. The Balaban J connectivity index is 2.32. The molecule has 21 heavy (non-hydrogen) atoms. The minimum Gasteiger partial charge on any atom is -0.397 e. The lowest BCUT2D eigenvalue weighted by atomic mass is 10.2. The molecule has 5 nitrogen and oxygen atoms in total. The van der Waals surface area contributed by atoms with Crippen molar-refractivity contribution >= 4 is 33.0 Å². The van der Waals surface area contributed by atoms with Crippen molar-refractivity contribution in [1.82, 2.24) is 9.88 Å². The fourth-order valence-corrected chi connectivity index (χ4v) is 3.52. The zero-order chi connectivity index (χ0) is 15.6. The van der Waals surface area contributed by atoms with Gasteiger partial charge in [0.25, 0.3) is 5.91 Å². The molecule has 114 valence electrons. The molecule has 0 aliphatic carbocycles. The lowest BCUT2D eigenvalue weighted by molar-refractivity contribution is 0.0715. The van der Waals surface area contributed by atoms with Crippen molar-refractivity contribution in [3.63, 3.8) is 0 Å². The summed E-state index contributed by atoms with van der Waals surface area (Å²) in [5.41, 5.74) is 8.52. The molecule has 0 fully saturated rings. The largest absolute Gasteiger partial charge is 0.397 e. The number of hydrogen-bond acceptors (Lipinski definition) is 5. The number of fused-ring (bicyclic) bond motifs is 1. The van der Waals surface area contributed by atoms with Crippen molar-refractivity contribution in [3.05, 3.63) is 22.3 Å². The van der Waals surface area contributed by atoms with Gasteiger partial charge in [0.2, 0.25) is 0 Å². The van der Waals surface area contributed by atoms with Crippen LogP contribution in [-0.2, 0) is 4.74 Å². The van der Waals surface area contributed by atoms with Crippen molar-refractivity contribution in [1.29, 1.82) is 0 Å². The molecule has 2 aromatic heterocycles. The Kier molecular flexibility index (Phi) is 4.80. The van der Waals surface area contributed by atoms with Crippen molar-refractivity contribution in [2.75, 3.05) is 32.5 Å². The quantitative estimate of drug-likeness (QED) is 0.862. The third-order valence-electron chi connectivity index (χ3n) is 3.33. The summed E-state index contributed by atoms with van der Waals surface area (Å²) in [5.74, 6) is -0.0644. The van der Waals surface area contributed by atoms with Crippen LogP contribution in [0, 0.1) is 13.8 Å². The van der Waals surface area contributed by atoms with Crippen LogP contribution in [0.2, 0.25) is 0 Å². The minimum absolute atomic E-state index is 0.0644. The first kappa shape index (κ1) is 15.7. The van der Waals surface area contributed by atoms with Crippen molar-refractivity contribution in [2.45, 2.75) is 20.8 Å². The number of likely N-dealkylation sites (N-methyl/N-ethyl adjacent to an activating group) is 1. The van der Waals surface area contributed by atoms with Crippen LogP contribution >= 0.6 is 11.3 Å². The van der Waals surface area contributed by atoms with E-state index in [4.69, 9.17) is 10.5 Å². The van der Waals surface area contributed by atoms with Gasteiger partial charge in [-0.25, -0.2) is 0 Å². The molecule has 0 radical (unpaired) electrons. The van der Waals surface area contributed by atoms with E-state index in [9.17, 15) is 4.79 Å². The van der Waals surface area contributed by atoms with Gasteiger partial charge in [-0.2, -0.15) is 0 Å². The smallest absolute Gasteiger partial charge is 0.265 e. The fourth-order valence-electron chi connectivity index (χ4n) is 2.26. The molecule has 0 unspecified atom stereocenters. The van der Waals surface area contributed by atoms with E-state index in [2.05, 4.69) is 4.98 Å². The molecule has 0 spiro atoms. The average molecular weight is 307 g/mol. The van der Waals surface area contributed by atoms with Gasteiger partial charge in [0, 0.05) is 41.7 Å². The number of ether oxygens (including phenoxy) is 1. The van der Waals surface area contributed by atoms with Crippen LogP contribution in [0.25, 0.3) is 10.1 Å². The molecule has 0 saturated heterocycles. The average Bonchev–Trinajstić information content (AvgIpc) is 2.75. The van der Waals surface area contributed by atoms with Gasteiger partial charge in [-0.05, 0) is 26.8 Å². The van der Waals surface area contributed by atoms with Crippen LogP contribution in [0.5, 0.6) is 0 Å². The van der Waals surface area contributed by atoms with Gasteiger partial charge in [0.15, 0.2) is 0 Å². The number of rotatable bonds is 5. The number of thiophene rings is 1. The minimum atomic E-state index is -0.0644. The highest BCUT2D eigenvalue weighted by Crippen LogP contribution is 2.36. The maximum Gasteiger partial charge on any atom is 0.265 e. The van der Waals surface area contributed by atoms with E-state index in [0.29, 0.717) is 30.3 Å². The summed E-state index contributed by atoms with van der Waals surface area (Å²) in [5, 5.41) is 0.896. The predicted octanol–water partition coefficient (Wildman–Crippen LogP) is 2.60. The monoisotopic (exact) mass is 307 g/mol. The lowest BCUT2D eigenvalue weighted by Crippen LogP contribution is -2.30. The Labute approximate surface area is 128 Å². The summed E-state index contributed by atoms with van der Waals surface area (Å²) in [6, 6.07) is 1.97. The molecule has 2 N–H and O–H groups in total. The number of amides is 1. The summed E-state index contributed by atoms with van der Waals surface area (Å²) in [7, 11) is 1.77. The van der Waals surface area contributed by atoms with Crippen molar-refractivity contribution < 1.29 is 9.53 Å². The zero-order valence-corrected chi connectivity index (χ0v) is 13.7. The van der Waals surface area contributed by atoms with Gasteiger partial charge in [-0.1, -0.05) is 0 Å². The second kappa shape index (κ2) is 6.41. The van der Waals surface area contributed by atoms with Crippen molar-refractivity contribution in [3.8, 4) is 0 Å². The molecular formula is C15H21N3O2S. The Morgan fingerprint density at radius 3 is 2.86 bits per heavy atom. The summed E-state index contributed by atoms with van der Waals surface area (Å²) in [6.45, 7) is 7.53. The highest BCUT2D eigenvalue weighted by molar-refractivity contribution is 7.21. The van der Waals surface area contributed by atoms with E-state index in [1.54, 1.807) is 11.9 Å². The van der Waals surface area contributed by atoms with E-state index >= 15 is 0 Å². The van der Waals surface area contributed by atoms with Crippen LogP contribution in [0.15, 0.2) is 6.07 Å². The number of carbonyl (C=O) groups excluding carboxylic acids is 1. The Bertz CT molecular complexity index is 666. The first-order chi connectivity index (χ1) is 9.95. The van der Waals surface area contributed by atoms with Gasteiger partial charge >= 0.3 is 0 Å². The van der Waals surface area contributed by atoms with Gasteiger partial charge in [-0.3, -0.25) is 9.78 Å². The molecule has 0 bridgehead atoms. The molecule has 2 rings (SSSR count). The van der Waals surface area contributed by atoms with Crippen LogP contribution in [0.4, 0.5) is 5.69 Å². The van der Waals surface area contributed by atoms with Crippen LogP contribution < -0.4 is 5.73 Å². The predicted molar refractivity (Wildman–Crippen MR) is 87.0 cm³/mol. The SMILES string of the molecule is CCOCCN(C)C(=O)c1sc2cc(C)nc(C)c2c1N. The molecule has 0 saturated carbocycles. The first-order valence-corrected chi connectivity index (χ1v) is 7.76. The molecule has 1 amide bonds. The van der Waals surface area contributed by atoms with E-state index in [-0.39, 0.29) is 5.91 Å². The number of anilines is 1. The fraction of sp³-hybridized carbons (Fsp3) is 0.467. The van der Waals surface area contributed by atoms with E-state index in [1.807, 2.05) is 26.8 Å². The highest BCUT2D eigenvalue weighted by atomic mass is 32.1. The number of nitrogens with zero attached hydrogens (tertiary/aromatic N) is 2. The second-order valence-corrected chi connectivity index (χ2v) is 6.04. The molecular weight excluding hydrogens is 286 g/mol. The number of nitrogen functional groups attached to an aromatic ring is 1. The molecule has 0 aliphatic rings. The Morgan fingerprint density at radius 1 is 1.48 bits per heavy atom. The van der Waals surface area contributed by atoms with Crippen LogP contribution in [-0.4, -0.2) is 42.6 Å². The highest BCUT2D eigenvalue weighted by Gasteiger charge is 2.21. The number of nitrogens with two attached hydrogens (primary N) is 1. The topological polar surface area (TPSA) is 68.5 Å². The molecule has 2 heterocycles. The standard InChI is InChI=1S/C15H21N3O2S/c1-5-20-7-6-18(4)15(19)14-13(16)12-10(3)17-9(2)8-11(12)21-14/h8H,5-7,16H2,1-4H3. The van der Waals surface area contributed by atoms with Crippen molar-refractivity contribution in [2.24, 2.45) is 0 Å². The molecule has 0 aromatic carbocycles. The summed E-state index contributed by atoms with van der Waals surface area (Å²) < 4.78 is 6.30. The number of hydrogen-bond donors (Lipinski definition) is 1. The van der Waals surface area contributed by atoms with Gasteiger partial charge < -0.3 is 15.4 Å². The van der Waals surface area contributed by atoms with E-state index in [1.165, 1.54) is 11.3 Å². The number of aryl methyl sites for hydroxylation is 2. The summed E-state index contributed by atoms with van der Waals surface area (Å²) in [6.07, 6.45) is 0. The van der Waals surface area contributed by atoms with Crippen LogP contribution in [0.1, 0.15) is 28.0 Å². The second-order valence-electron chi connectivity index (χ2n) is 4.99. The number of pyridine rings is 1. The van der Waals surface area contributed by atoms with Gasteiger partial charge in [0.1, 0.15) is 4.88 Å². The van der Waals surface area contributed by atoms with Crippen LogP contribution in [0.3, 0.4) is 0 Å². The maximum atomic E-state index is 12.5. The number of carbonyl (C=O) groups is 1. The zero-order valence-electron chi connectivity index (χ0n) is 12.9. The Hall–Kier alpha value is -1.66. The van der Waals surface area contributed by atoms with Gasteiger partial charge in [0.05, 0.1) is 12.3 Å². The third-order valence-corrected chi connectivity index (χ3v) is 4.47. The number of aromatic nitrogens is 1. The summed E-state index contributed by atoms with van der Waals surface area (Å²) >= 11 is 1.43. The lowest BCUT2D eigenvalue weighted by Gasteiger charge is -2.16. The van der Waals surface area contributed by atoms with E-state index < -0.39 is 0 Å². The first-order valence-electron chi connectivity index (χ1n) is 6.95. The molecule has 0 aliphatic heterocycles. The molecule has 6 heteroatoms.